The third-order valence-electron chi connectivity index (χ3n) is 4.14. The van der Waals surface area contributed by atoms with Gasteiger partial charge in [-0.25, -0.2) is 0 Å². The van der Waals surface area contributed by atoms with E-state index >= 15 is 0 Å². The zero-order valence-corrected chi connectivity index (χ0v) is 18.7. The Morgan fingerprint density at radius 2 is 1.48 bits per heavy atom. The Kier molecular flexibility index (Phi) is 9.08. The quantitative estimate of drug-likeness (QED) is 0.458. The summed E-state index contributed by atoms with van der Waals surface area (Å²) in [5.41, 5.74) is 1.72. The largest absolute Gasteiger partial charge is 0.375 e. The predicted molar refractivity (Wildman–Crippen MR) is 122 cm³/mol. The molecule has 0 saturated carbocycles. The van der Waals surface area contributed by atoms with Crippen LogP contribution in [-0.2, 0) is 4.79 Å². The van der Waals surface area contributed by atoms with Gasteiger partial charge in [0, 0.05) is 24.3 Å². The van der Waals surface area contributed by atoms with Crippen molar-refractivity contribution in [3.05, 3.63) is 57.0 Å². The molecule has 5 nitrogen and oxygen atoms in total. The molecule has 156 valence electrons. The van der Waals surface area contributed by atoms with E-state index in [2.05, 4.69) is 10.6 Å². The molecule has 0 atom stereocenters. The topological polar surface area (TPSA) is 61.4 Å². The number of benzene rings is 2. The average molecular weight is 457 g/mol. The summed E-state index contributed by atoms with van der Waals surface area (Å²) in [6, 6.07) is 9.96. The second kappa shape index (κ2) is 11.3. The SMILES string of the molecule is CCCN(CCC)C(=O)c1ccc(NC(=O)CNc2cc(Cl)c(Cl)cc2Cl)cc1. The maximum absolute atomic E-state index is 12.6. The second-order valence-electron chi connectivity index (χ2n) is 6.52. The summed E-state index contributed by atoms with van der Waals surface area (Å²) in [6.45, 7) is 5.56. The van der Waals surface area contributed by atoms with Crippen molar-refractivity contribution in [3.63, 3.8) is 0 Å². The molecule has 0 aliphatic carbocycles. The fourth-order valence-electron chi connectivity index (χ4n) is 2.77. The van der Waals surface area contributed by atoms with E-state index in [9.17, 15) is 9.59 Å². The Morgan fingerprint density at radius 3 is 2.07 bits per heavy atom. The second-order valence-corrected chi connectivity index (χ2v) is 7.74. The molecule has 0 bridgehead atoms. The molecule has 0 saturated heterocycles. The van der Waals surface area contributed by atoms with Crippen molar-refractivity contribution < 1.29 is 9.59 Å². The summed E-state index contributed by atoms with van der Waals surface area (Å²) in [4.78, 5) is 26.6. The molecule has 0 unspecified atom stereocenters. The van der Waals surface area contributed by atoms with Crippen molar-refractivity contribution in [2.75, 3.05) is 30.3 Å². The summed E-state index contributed by atoms with van der Waals surface area (Å²) < 4.78 is 0. The van der Waals surface area contributed by atoms with Gasteiger partial charge in [0.05, 0.1) is 27.3 Å². The molecule has 0 fully saturated rings. The number of rotatable bonds is 9. The van der Waals surface area contributed by atoms with E-state index in [1.165, 1.54) is 6.07 Å². The van der Waals surface area contributed by atoms with Gasteiger partial charge in [0.2, 0.25) is 5.91 Å². The summed E-state index contributed by atoms with van der Waals surface area (Å²) in [5, 5.41) is 6.77. The Balaban J connectivity index is 1.94. The van der Waals surface area contributed by atoms with Crippen LogP contribution < -0.4 is 10.6 Å². The zero-order chi connectivity index (χ0) is 21.4. The van der Waals surface area contributed by atoms with Crippen LogP contribution in [0.2, 0.25) is 15.1 Å². The number of hydrogen-bond donors (Lipinski definition) is 2. The summed E-state index contributed by atoms with van der Waals surface area (Å²) in [5.74, 6) is -0.257. The van der Waals surface area contributed by atoms with Crippen LogP contribution in [0.3, 0.4) is 0 Å². The molecule has 0 aliphatic heterocycles. The number of nitrogens with zero attached hydrogens (tertiary/aromatic N) is 1. The predicted octanol–water partition coefficient (Wildman–Crippen LogP) is 5.96. The van der Waals surface area contributed by atoms with Crippen molar-refractivity contribution in [3.8, 4) is 0 Å². The Labute approximate surface area is 186 Å². The van der Waals surface area contributed by atoms with Gasteiger partial charge in [0.1, 0.15) is 0 Å². The Hall–Kier alpha value is -1.95. The molecule has 0 aromatic heterocycles. The molecule has 2 aromatic rings. The lowest BCUT2D eigenvalue weighted by Gasteiger charge is -2.21. The van der Waals surface area contributed by atoms with Crippen molar-refractivity contribution >= 4 is 58.0 Å². The molecule has 2 N–H and O–H groups in total. The molecule has 0 aliphatic rings. The minimum Gasteiger partial charge on any atom is -0.375 e. The third kappa shape index (κ3) is 6.81. The highest BCUT2D eigenvalue weighted by Gasteiger charge is 2.14. The maximum Gasteiger partial charge on any atom is 0.253 e. The number of carbonyl (C=O) groups excluding carboxylic acids is 2. The lowest BCUT2D eigenvalue weighted by molar-refractivity contribution is -0.114. The number of amides is 2. The minimum atomic E-state index is -0.259. The molecular formula is C21H24Cl3N3O2. The number of hydrogen-bond acceptors (Lipinski definition) is 3. The number of anilines is 2. The van der Waals surface area contributed by atoms with E-state index in [0.717, 1.165) is 25.9 Å². The molecule has 8 heteroatoms. The molecule has 0 spiro atoms. The standard InChI is InChI=1S/C21H24Cl3N3O2/c1-3-9-27(10-4-2)21(29)14-5-7-15(8-6-14)26-20(28)13-25-19-12-17(23)16(22)11-18(19)24/h5-8,11-12,25H,3-4,9-10,13H2,1-2H3,(H,26,28). The minimum absolute atomic E-state index is 0.000852. The van der Waals surface area contributed by atoms with Gasteiger partial charge in [-0.15, -0.1) is 0 Å². The van der Waals surface area contributed by atoms with Gasteiger partial charge in [0.25, 0.3) is 5.91 Å². The van der Waals surface area contributed by atoms with Crippen molar-refractivity contribution in [1.29, 1.82) is 0 Å². The monoisotopic (exact) mass is 455 g/mol. The van der Waals surface area contributed by atoms with E-state index in [4.69, 9.17) is 34.8 Å². The van der Waals surface area contributed by atoms with E-state index in [0.29, 0.717) is 32.0 Å². The van der Waals surface area contributed by atoms with Crippen molar-refractivity contribution in [2.24, 2.45) is 0 Å². The zero-order valence-electron chi connectivity index (χ0n) is 16.4. The molecule has 2 amide bonds. The third-order valence-corrected chi connectivity index (χ3v) is 5.17. The molecule has 0 heterocycles. The lowest BCUT2D eigenvalue weighted by Crippen LogP contribution is -2.32. The molecular weight excluding hydrogens is 433 g/mol. The van der Waals surface area contributed by atoms with E-state index in [-0.39, 0.29) is 18.4 Å². The average Bonchev–Trinajstić information content (AvgIpc) is 2.69. The lowest BCUT2D eigenvalue weighted by atomic mass is 10.1. The highest BCUT2D eigenvalue weighted by atomic mass is 35.5. The van der Waals surface area contributed by atoms with Crippen LogP contribution in [0.25, 0.3) is 0 Å². The van der Waals surface area contributed by atoms with Crippen LogP contribution in [0, 0.1) is 0 Å². The van der Waals surface area contributed by atoms with Crippen LogP contribution in [0.1, 0.15) is 37.0 Å². The number of nitrogens with one attached hydrogen (secondary N) is 2. The summed E-state index contributed by atoms with van der Waals surface area (Å²) >= 11 is 18.0. The van der Waals surface area contributed by atoms with Gasteiger partial charge in [-0.2, -0.15) is 0 Å². The first-order chi connectivity index (χ1) is 13.8. The van der Waals surface area contributed by atoms with Gasteiger partial charge in [-0.05, 0) is 49.2 Å². The van der Waals surface area contributed by atoms with Gasteiger partial charge in [-0.1, -0.05) is 48.7 Å². The van der Waals surface area contributed by atoms with Crippen LogP contribution in [0.4, 0.5) is 11.4 Å². The molecule has 0 radical (unpaired) electrons. The highest BCUT2D eigenvalue weighted by molar-refractivity contribution is 6.44. The maximum atomic E-state index is 12.6. The Morgan fingerprint density at radius 1 is 0.897 bits per heavy atom. The Bertz CT molecular complexity index is 851. The first-order valence-corrected chi connectivity index (χ1v) is 10.6. The van der Waals surface area contributed by atoms with Crippen molar-refractivity contribution in [1.82, 2.24) is 4.90 Å². The molecule has 29 heavy (non-hydrogen) atoms. The van der Waals surface area contributed by atoms with Crippen LogP contribution in [0.5, 0.6) is 0 Å². The van der Waals surface area contributed by atoms with Crippen LogP contribution in [-0.4, -0.2) is 36.3 Å². The smallest absolute Gasteiger partial charge is 0.253 e. The van der Waals surface area contributed by atoms with Gasteiger partial charge in [-0.3, -0.25) is 9.59 Å². The first-order valence-electron chi connectivity index (χ1n) is 9.43. The fourth-order valence-corrected chi connectivity index (χ4v) is 3.39. The van der Waals surface area contributed by atoms with E-state index in [1.54, 1.807) is 30.3 Å². The van der Waals surface area contributed by atoms with Crippen molar-refractivity contribution in [2.45, 2.75) is 26.7 Å². The highest BCUT2D eigenvalue weighted by Crippen LogP contribution is 2.32. The van der Waals surface area contributed by atoms with E-state index < -0.39 is 0 Å². The number of carbonyl (C=O) groups is 2. The first kappa shape index (κ1) is 23.3. The fraction of sp³-hybridized carbons (Fsp3) is 0.333. The van der Waals surface area contributed by atoms with Gasteiger partial charge >= 0.3 is 0 Å². The number of halogens is 3. The van der Waals surface area contributed by atoms with Crippen LogP contribution in [0.15, 0.2) is 36.4 Å². The van der Waals surface area contributed by atoms with E-state index in [1.807, 2.05) is 18.7 Å². The molecule has 2 rings (SSSR count). The normalized spacial score (nSPS) is 10.5. The summed E-state index contributed by atoms with van der Waals surface area (Å²) in [7, 11) is 0. The van der Waals surface area contributed by atoms with Gasteiger partial charge < -0.3 is 15.5 Å². The molecule has 2 aromatic carbocycles. The van der Waals surface area contributed by atoms with Gasteiger partial charge in [0.15, 0.2) is 0 Å². The van der Waals surface area contributed by atoms with Crippen LogP contribution >= 0.6 is 34.8 Å². The summed E-state index contributed by atoms with van der Waals surface area (Å²) in [6.07, 6.45) is 1.82.